The molecule has 0 saturated carbocycles. The Bertz CT molecular complexity index is 458. The molecular weight excluding hydrogens is 432 g/mol. The molecule has 0 unspecified atom stereocenters. The summed E-state index contributed by atoms with van der Waals surface area (Å²) in [7, 11) is 0. The molecule has 0 atom stereocenters. The molecule has 0 aromatic heterocycles. The van der Waals surface area contributed by atoms with Gasteiger partial charge in [0.25, 0.3) is 0 Å². The normalized spacial score (nSPS) is 10.9. The van der Waals surface area contributed by atoms with E-state index in [4.69, 9.17) is 9.47 Å². The molecule has 1 rings (SSSR count). The van der Waals surface area contributed by atoms with Crippen LogP contribution in [0.25, 0.3) is 0 Å². The van der Waals surface area contributed by atoms with Crippen LogP contribution in [0, 0.1) is 0 Å². The second-order valence-electron chi connectivity index (χ2n) is 3.24. The molecule has 98 valence electrons. The van der Waals surface area contributed by atoms with Crippen molar-refractivity contribution in [2.75, 3.05) is 6.61 Å². The topological polar surface area (TPSA) is 35.5 Å². The number of ether oxygens (including phenoxy) is 2. The summed E-state index contributed by atoms with van der Waals surface area (Å²) < 4.78 is 9.92. The third-order valence-electron chi connectivity index (χ3n) is 1.95. The molecule has 0 heterocycles. The monoisotopic (exact) mass is 440 g/mol. The molecule has 0 spiro atoms. The second-order valence-corrected chi connectivity index (χ2v) is 7.39. The molecule has 6 heteroatoms. The summed E-state index contributed by atoms with van der Waals surface area (Å²) in [5.41, 5.74) is 0.725. The zero-order chi connectivity index (χ0) is 13.8. The van der Waals surface area contributed by atoms with Gasteiger partial charge >= 0.3 is 5.97 Å². The van der Waals surface area contributed by atoms with Crippen molar-refractivity contribution in [1.29, 1.82) is 0 Å². The number of hydrogen-bond acceptors (Lipinski definition) is 3. The van der Waals surface area contributed by atoms with Crippen LogP contribution in [0.5, 0.6) is 0 Å². The van der Waals surface area contributed by atoms with Crippen LogP contribution in [0.2, 0.25) is 0 Å². The standard InChI is InChI=1S/C12H11Br3O3/c1-3-17-8(2)11(16)18-12(14,15)9-6-4-5-7-10(9)13/h4-7H,2-3H2,1H3. The molecule has 3 nitrogen and oxygen atoms in total. The molecule has 0 N–H and O–H groups in total. The molecular formula is C12H11Br3O3. The smallest absolute Gasteiger partial charge is 0.375 e. The lowest BCUT2D eigenvalue weighted by Gasteiger charge is -2.22. The van der Waals surface area contributed by atoms with Crippen molar-refractivity contribution in [2.45, 2.75) is 10.3 Å². The third-order valence-corrected chi connectivity index (χ3v) is 3.82. The molecule has 0 aliphatic carbocycles. The van der Waals surface area contributed by atoms with Crippen molar-refractivity contribution in [1.82, 2.24) is 0 Å². The van der Waals surface area contributed by atoms with Gasteiger partial charge in [-0.2, -0.15) is 0 Å². The number of halogens is 3. The van der Waals surface area contributed by atoms with Gasteiger partial charge in [0.2, 0.25) is 3.42 Å². The summed E-state index contributed by atoms with van der Waals surface area (Å²) in [6.07, 6.45) is 0. The predicted octanol–water partition coefficient (Wildman–Crippen LogP) is 4.44. The van der Waals surface area contributed by atoms with E-state index in [9.17, 15) is 4.79 Å². The van der Waals surface area contributed by atoms with E-state index in [1.807, 2.05) is 24.3 Å². The first kappa shape index (κ1) is 15.7. The number of carbonyl (C=O) groups is 1. The number of rotatable bonds is 5. The molecule has 0 aliphatic rings. The van der Waals surface area contributed by atoms with E-state index in [0.717, 1.165) is 10.0 Å². The zero-order valence-electron chi connectivity index (χ0n) is 9.58. The van der Waals surface area contributed by atoms with Gasteiger partial charge in [-0.3, -0.25) is 0 Å². The third kappa shape index (κ3) is 4.10. The zero-order valence-corrected chi connectivity index (χ0v) is 14.3. The second kappa shape index (κ2) is 6.73. The summed E-state index contributed by atoms with van der Waals surface area (Å²) in [4.78, 5) is 11.7. The minimum atomic E-state index is -1.13. The Hall–Kier alpha value is -0.330. The first-order valence-electron chi connectivity index (χ1n) is 5.06. The van der Waals surface area contributed by atoms with Crippen LogP contribution in [0.3, 0.4) is 0 Å². The summed E-state index contributed by atoms with van der Waals surface area (Å²) in [5.74, 6) is -0.672. The quantitative estimate of drug-likeness (QED) is 0.292. The van der Waals surface area contributed by atoms with E-state index in [0.29, 0.717) is 6.61 Å². The van der Waals surface area contributed by atoms with Crippen LogP contribution in [0.15, 0.2) is 41.1 Å². The Kier molecular flexibility index (Phi) is 5.88. The molecule has 0 saturated heterocycles. The lowest BCUT2D eigenvalue weighted by molar-refractivity contribution is -0.145. The first-order valence-corrected chi connectivity index (χ1v) is 7.44. The van der Waals surface area contributed by atoms with E-state index < -0.39 is 9.39 Å². The lowest BCUT2D eigenvalue weighted by atomic mass is 10.2. The summed E-state index contributed by atoms with van der Waals surface area (Å²) >= 11 is 10.0. The molecule has 0 radical (unpaired) electrons. The van der Waals surface area contributed by atoms with Gasteiger partial charge in [0.15, 0.2) is 5.76 Å². The first-order chi connectivity index (χ1) is 8.38. The summed E-state index contributed by atoms with van der Waals surface area (Å²) in [5, 5.41) is 0. The Morgan fingerprint density at radius 2 is 2.00 bits per heavy atom. The molecule has 1 aromatic carbocycles. The van der Waals surface area contributed by atoms with E-state index in [1.54, 1.807) is 6.92 Å². The fraction of sp³-hybridized carbons (Fsp3) is 0.250. The van der Waals surface area contributed by atoms with E-state index >= 15 is 0 Å². The highest BCUT2D eigenvalue weighted by Gasteiger charge is 2.33. The van der Waals surface area contributed by atoms with Crippen LogP contribution in [0.1, 0.15) is 12.5 Å². The van der Waals surface area contributed by atoms with Gasteiger partial charge in [0, 0.05) is 10.0 Å². The van der Waals surface area contributed by atoms with E-state index in [2.05, 4.69) is 54.4 Å². The maximum Gasteiger partial charge on any atom is 0.375 e. The number of carbonyl (C=O) groups excluding carboxylic acids is 1. The minimum Gasteiger partial charge on any atom is -0.487 e. The highest BCUT2D eigenvalue weighted by molar-refractivity contribution is 9.24. The van der Waals surface area contributed by atoms with Gasteiger partial charge < -0.3 is 9.47 Å². The van der Waals surface area contributed by atoms with Crippen LogP contribution in [-0.2, 0) is 17.7 Å². The van der Waals surface area contributed by atoms with Gasteiger partial charge in [-0.1, -0.05) is 34.1 Å². The van der Waals surface area contributed by atoms with Gasteiger partial charge in [-0.15, -0.1) is 0 Å². The molecule has 0 aliphatic heterocycles. The van der Waals surface area contributed by atoms with Gasteiger partial charge in [0.1, 0.15) is 0 Å². The molecule has 0 bridgehead atoms. The maximum absolute atomic E-state index is 11.7. The van der Waals surface area contributed by atoms with Crippen LogP contribution in [-0.4, -0.2) is 12.6 Å². The predicted molar refractivity (Wildman–Crippen MR) is 80.5 cm³/mol. The largest absolute Gasteiger partial charge is 0.487 e. The van der Waals surface area contributed by atoms with Crippen LogP contribution < -0.4 is 0 Å². The van der Waals surface area contributed by atoms with Gasteiger partial charge in [0.05, 0.1) is 6.61 Å². The number of alkyl halides is 2. The van der Waals surface area contributed by atoms with Gasteiger partial charge in [-0.25, -0.2) is 4.79 Å². The lowest BCUT2D eigenvalue weighted by Crippen LogP contribution is -2.21. The van der Waals surface area contributed by atoms with Crippen LogP contribution in [0.4, 0.5) is 0 Å². The molecule has 1 aromatic rings. The minimum absolute atomic E-state index is 0.0344. The number of benzene rings is 1. The SMILES string of the molecule is C=C(OCC)C(=O)OC(Br)(Br)c1ccccc1Br. The van der Waals surface area contributed by atoms with Crippen molar-refractivity contribution in [3.05, 3.63) is 46.6 Å². The average molecular weight is 443 g/mol. The van der Waals surface area contributed by atoms with Crippen molar-refractivity contribution in [3.63, 3.8) is 0 Å². The Morgan fingerprint density at radius 3 is 2.56 bits per heavy atom. The number of hydrogen-bond donors (Lipinski definition) is 0. The Labute approximate surface area is 131 Å². The van der Waals surface area contributed by atoms with Crippen molar-refractivity contribution < 1.29 is 14.3 Å². The maximum atomic E-state index is 11.7. The highest BCUT2D eigenvalue weighted by Crippen LogP contribution is 2.43. The fourth-order valence-corrected chi connectivity index (χ4v) is 3.24. The average Bonchev–Trinajstić information content (AvgIpc) is 2.29. The Balaban J connectivity index is 2.85. The van der Waals surface area contributed by atoms with Crippen molar-refractivity contribution >= 4 is 53.8 Å². The fourth-order valence-electron chi connectivity index (χ4n) is 1.16. The molecule has 0 fully saturated rings. The molecule has 0 amide bonds. The molecule has 18 heavy (non-hydrogen) atoms. The van der Waals surface area contributed by atoms with Gasteiger partial charge in [-0.05, 0) is 51.4 Å². The summed E-state index contributed by atoms with van der Waals surface area (Å²) in [6.45, 7) is 5.62. The Morgan fingerprint density at radius 1 is 1.39 bits per heavy atom. The number of esters is 1. The summed E-state index contributed by atoms with van der Waals surface area (Å²) in [6, 6.07) is 7.36. The van der Waals surface area contributed by atoms with Crippen molar-refractivity contribution in [3.8, 4) is 0 Å². The van der Waals surface area contributed by atoms with Crippen LogP contribution >= 0.6 is 47.8 Å². The highest BCUT2D eigenvalue weighted by atomic mass is 79.9. The van der Waals surface area contributed by atoms with E-state index in [1.165, 1.54) is 0 Å². The van der Waals surface area contributed by atoms with E-state index in [-0.39, 0.29) is 5.76 Å². The van der Waals surface area contributed by atoms with Crippen molar-refractivity contribution in [2.24, 2.45) is 0 Å².